The van der Waals surface area contributed by atoms with E-state index in [0.717, 1.165) is 0 Å². The Morgan fingerprint density at radius 1 is 1.42 bits per heavy atom. The third-order valence-corrected chi connectivity index (χ3v) is 2.02. The van der Waals surface area contributed by atoms with Crippen molar-refractivity contribution in [3.8, 4) is 0 Å². The molecule has 0 saturated carbocycles. The highest BCUT2D eigenvalue weighted by atomic mass is 19.1. The summed E-state index contributed by atoms with van der Waals surface area (Å²) in [7, 11) is 1.18. The Morgan fingerprint density at radius 2 is 2.00 bits per heavy atom. The molecule has 0 bridgehead atoms. The van der Waals surface area contributed by atoms with Crippen LogP contribution in [0.3, 0.4) is 0 Å². The van der Waals surface area contributed by atoms with Crippen LogP contribution in [0, 0.1) is 0 Å². The number of hydrogen-bond acceptors (Lipinski definition) is 4. The van der Waals surface area contributed by atoms with E-state index in [4.69, 9.17) is 4.74 Å². The van der Waals surface area contributed by atoms with Gasteiger partial charge in [0.15, 0.2) is 0 Å². The fraction of sp³-hybridized carbons (Fsp3) is 1.00. The van der Waals surface area contributed by atoms with Crippen LogP contribution in [0.1, 0.15) is 6.92 Å². The molecule has 0 aromatic rings. The fourth-order valence-electron chi connectivity index (χ4n) is 1.23. The number of methoxy groups -OCH3 is 1. The van der Waals surface area contributed by atoms with Crippen LogP contribution in [0.2, 0.25) is 0 Å². The molecule has 5 atom stereocenters. The van der Waals surface area contributed by atoms with E-state index in [1.165, 1.54) is 7.11 Å². The number of halogens is 1. The molecule has 1 rings (SSSR count). The van der Waals surface area contributed by atoms with Gasteiger partial charge in [-0.05, 0) is 6.92 Å². The average Bonchev–Trinajstić information content (AvgIpc) is 2.32. The zero-order chi connectivity index (χ0) is 9.30. The molecule has 2 N–H and O–H groups in total. The van der Waals surface area contributed by atoms with Crippen LogP contribution in [-0.4, -0.2) is 48.1 Å². The van der Waals surface area contributed by atoms with Crippen LogP contribution >= 0.6 is 0 Å². The van der Waals surface area contributed by atoms with E-state index in [-0.39, 0.29) is 0 Å². The molecule has 0 aliphatic carbocycles. The average molecular weight is 180 g/mol. The largest absolute Gasteiger partial charge is 0.388 e. The molecule has 0 aromatic carbocycles. The van der Waals surface area contributed by atoms with Gasteiger partial charge in [0.2, 0.25) is 6.36 Å². The highest BCUT2D eigenvalue weighted by Gasteiger charge is 2.44. The second kappa shape index (κ2) is 3.66. The molecule has 0 aromatic heterocycles. The second-order valence-corrected chi connectivity index (χ2v) is 2.87. The Morgan fingerprint density at radius 3 is 2.33 bits per heavy atom. The quantitative estimate of drug-likeness (QED) is 0.598. The van der Waals surface area contributed by atoms with Crippen molar-refractivity contribution in [3.63, 3.8) is 0 Å². The maximum Gasteiger partial charge on any atom is 0.227 e. The Hall–Kier alpha value is -0.230. The number of ether oxygens (including phenoxy) is 2. The van der Waals surface area contributed by atoms with Gasteiger partial charge in [0, 0.05) is 7.11 Å². The van der Waals surface area contributed by atoms with Crippen LogP contribution in [0.4, 0.5) is 4.39 Å². The summed E-state index contributed by atoms with van der Waals surface area (Å²) in [6.07, 6.45) is -5.59. The number of aliphatic hydroxyl groups is 2. The van der Waals surface area contributed by atoms with Gasteiger partial charge in [-0.3, -0.25) is 0 Å². The van der Waals surface area contributed by atoms with Gasteiger partial charge >= 0.3 is 0 Å². The second-order valence-electron chi connectivity index (χ2n) is 2.87. The number of hydrogen-bond donors (Lipinski definition) is 2. The summed E-state index contributed by atoms with van der Waals surface area (Å²) in [6, 6.07) is 0. The summed E-state index contributed by atoms with van der Waals surface area (Å²) in [5.74, 6) is 0. The van der Waals surface area contributed by atoms with E-state index < -0.39 is 30.8 Å². The van der Waals surface area contributed by atoms with Crippen molar-refractivity contribution in [1.29, 1.82) is 0 Å². The van der Waals surface area contributed by atoms with E-state index >= 15 is 0 Å². The monoisotopic (exact) mass is 180 g/mol. The number of aliphatic hydroxyl groups excluding tert-OH is 2. The smallest absolute Gasteiger partial charge is 0.227 e. The lowest BCUT2D eigenvalue weighted by molar-refractivity contribution is -0.134. The molecule has 5 heteroatoms. The van der Waals surface area contributed by atoms with Crippen LogP contribution < -0.4 is 0 Å². The SMILES string of the molecule is COC(F)[C@H]1O[C@@H](C)C(O)[C@H]1O. The molecular weight excluding hydrogens is 167 g/mol. The minimum Gasteiger partial charge on any atom is -0.388 e. The Bertz CT molecular complexity index is 154. The van der Waals surface area contributed by atoms with E-state index in [2.05, 4.69) is 4.74 Å². The van der Waals surface area contributed by atoms with Crippen molar-refractivity contribution >= 4 is 0 Å². The molecule has 0 spiro atoms. The first-order valence-electron chi connectivity index (χ1n) is 3.76. The first-order valence-corrected chi connectivity index (χ1v) is 3.76. The van der Waals surface area contributed by atoms with Gasteiger partial charge in [-0.25, -0.2) is 4.39 Å². The summed E-state index contributed by atoms with van der Waals surface area (Å²) in [4.78, 5) is 0. The first kappa shape index (κ1) is 9.85. The van der Waals surface area contributed by atoms with Crippen LogP contribution in [0.5, 0.6) is 0 Å². The van der Waals surface area contributed by atoms with E-state index in [1.54, 1.807) is 6.92 Å². The third-order valence-electron chi connectivity index (χ3n) is 2.02. The standard InChI is InChI=1S/C7H13FO4/c1-3-4(9)5(10)6(12-3)7(8)11-2/h3-7,9-10H,1-2H3/t3-,4?,5+,6-,7?/m0/s1. The summed E-state index contributed by atoms with van der Waals surface area (Å²) in [6.45, 7) is 1.57. The Kier molecular flexibility index (Phi) is 3.00. The number of alkyl halides is 1. The zero-order valence-corrected chi connectivity index (χ0v) is 6.98. The zero-order valence-electron chi connectivity index (χ0n) is 6.98. The fourth-order valence-corrected chi connectivity index (χ4v) is 1.23. The molecule has 2 unspecified atom stereocenters. The maximum atomic E-state index is 12.8. The molecule has 1 aliphatic heterocycles. The van der Waals surface area contributed by atoms with Crippen molar-refractivity contribution in [2.45, 2.75) is 37.7 Å². The van der Waals surface area contributed by atoms with E-state index in [1.807, 2.05) is 0 Å². The minimum atomic E-state index is -1.69. The Labute approximate surface area is 69.9 Å². The summed E-state index contributed by atoms with van der Waals surface area (Å²) in [5, 5.41) is 18.4. The van der Waals surface area contributed by atoms with Gasteiger partial charge in [0.05, 0.1) is 6.10 Å². The summed E-state index contributed by atoms with van der Waals surface area (Å²) >= 11 is 0. The van der Waals surface area contributed by atoms with Crippen molar-refractivity contribution in [2.75, 3.05) is 7.11 Å². The van der Waals surface area contributed by atoms with Crippen LogP contribution in [0.25, 0.3) is 0 Å². The van der Waals surface area contributed by atoms with Crippen molar-refractivity contribution in [1.82, 2.24) is 0 Å². The molecule has 1 aliphatic rings. The van der Waals surface area contributed by atoms with E-state index in [0.29, 0.717) is 0 Å². The van der Waals surface area contributed by atoms with Gasteiger partial charge < -0.3 is 19.7 Å². The first-order chi connectivity index (χ1) is 5.57. The normalized spacial score (nSPS) is 44.8. The van der Waals surface area contributed by atoms with Gasteiger partial charge in [0.25, 0.3) is 0 Å². The summed E-state index contributed by atoms with van der Waals surface area (Å²) in [5.41, 5.74) is 0. The molecule has 1 fully saturated rings. The van der Waals surface area contributed by atoms with Crippen molar-refractivity contribution < 1.29 is 24.1 Å². The van der Waals surface area contributed by atoms with Gasteiger partial charge in [-0.15, -0.1) is 0 Å². The van der Waals surface area contributed by atoms with Gasteiger partial charge in [-0.1, -0.05) is 0 Å². The van der Waals surface area contributed by atoms with Crippen LogP contribution in [-0.2, 0) is 9.47 Å². The Balaban J connectivity index is 2.58. The highest BCUT2D eigenvalue weighted by molar-refractivity contribution is 4.89. The molecular formula is C7H13FO4. The predicted octanol–water partition coefficient (Wildman–Crippen LogP) is -0.563. The maximum absolute atomic E-state index is 12.8. The highest BCUT2D eigenvalue weighted by Crippen LogP contribution is 2.24. The predicted molar refractivity (Wildman–Crippen MR) is 38.3 cm³/mol. The van der Waals surface area contributed by atoms with Crippen molar-refractivity contribution in [2.24, 2.45) is 0 Å². The molecule has 4 nitrogen and oxygen atoms in total. The van der Waals surface area contributed by atoms with Gasteiger partial charge in [0.1, 0.15) is 18.3 Å². The molecule has 0 radical (unpaired) electrons. The molecule has 12 heavy (non-hydrogen) atoms. The number of rotatable bonds is 2. The lowest BCUT2D eigenvalue weighted by Crippen LogP contribution is -2.37. The van der Waals surface area contributed by atoms with Crippen LogP contribution in [0.15, 0.2) is 0 Å². The van der Waals surface area contributed by atoms with Crippen molar-refractivity contribution in [3.05, 3.63) is 0 Å². The minimum absolute atomic E-state index is 0.557. The van der Waals surface area contributed by atoms with E-state index in [9.17, 15) is 14.6 Å². The molecule has 1 heterocycles. The topological polar surface area (TPSA) is 58.9 Å². The third kappa shape index (κ3) is 1.59. The molecule has 1 saturated heterocycles. The summed E-state index contributed by atoms with van der Waals surface area (Å²) < 4.78 is 22.1. The molecule has 72 valence electrons. The lowest BCUT2D eigenvalue weighted by Gasteiger charge is -2.17. The van der Waals surface area contributed by atoms with Gasteiger partial charge in [-0.2, -0.15) is 0 Å². The molecule has 0 amide bonds. The lowest BCUT2D eigenvalue weighted by atomic mass is 10.1.